The van der Waals surface area contributed by atoms with Gasteiger partial charge in [-0.2, -0.15) is 0 Å². The second-order valence-electron chi connectivity index (χ2n) is 4.50. The summed E-state index contributed by atoms with van der Waals surface area (Å²) >= 11 is 6.12. The van der Waals surface area contributed by atoms with E-state index >= 15 is 0 Å². The number of aromatic nitrogens is 1. The third kappa shape index (κ3) is 2.91. The molecule has 0 radical (unpaired) electrons. The second-order valence-corrected chi connectivity index (χ2v) is 4.91. The molecule has 1 aromatic rings. The molecule has 3 N–H and O–H groups in total. The normalized spacial score (nSPS) is 20.0. The molecule has 5 nitrogen and oxygen atoms in total. The lowest BCUT2D eigenvalue weighted by molar-refractivity contribution is -0.121. The molecule has 1 aromatic heterocycles. The Labute approximate surface area is 111 Å². The zero-order valence-electron chi connectivity index (χ0n) is 10.3. The van der Waals surface area contributed by atoms with Gasteiger partial charge in [-0.3, -0.25) is 9.69 Å². The van der Waals surface area contributed by atoms with Gasteiger partial charge in [-0.1, -0.05) is 11.6 Å². The fourth-order valence-electron chi connectivity index (χ4n) is 2.15. The van der Waals surface area contributed by atoms with Gasteiger partial charge in [-0.25, -0.2) is 4.98 Å². The van der Waals surface area contributed by atoms with Gasteiger partial charge in [-0.05, 0) is 25.1 Å². The summed E-state index contributed by atoms with van der Waals surface area (Å²) in [4.78, 5) is 17.7. The topological polar surface area (TPSA) is 71.2 Å². The number of halogens is 1. The molecule has 0 aliphatic carbocycles. The van der Waals surface area contributed by atoms with Crippen LogP contribution in [-0.2, 0) is 11.3 Å². The standard InChI is InChI=1S/C12H17ClN4O/c1-15-11-3-2-9(13)10(16-11)7-17-5-4-8(6-17)12(14)18/h2-3,8H,4-7H2,1H3,(H2,14,18)(H,15,16). The number of hydrogen-bond donors (Lipinski definition) is 2. The smallest absolute Gasteiger partial charge is 0.221 e. The maximum Gasteiger partial charge on any atom is 0.221 e. The SMILES string of the molecule is CNc1ccc(Cl)c(CN2CCC(C(N)=O)C2)n1. The lowest BCUT2D eigenvalue weighted by atomic mass is 10.1. The van der Waals surface area contributed by atoms with E-state index in [2.05, 4.69) is 15.2 Å². The minimum atomic E-state index is -0.222. The molecule has 1 unspecified atom stereocenters. The van der Waals surface area contributed by atoms with Crippen LogP contribution >= 0.6 is 11.6 Å². The van der Waals surface area contributed by atoms with Crippen LogP contribution in [0.4, 0.5) is 5.82 Å². The fraction of sp³-hybridized carbons (Fsp3) is 0.500. The number of amides is 1. The first kappa shape index (κ1) is 13.1. The van der Waals surface area contributed by atoms with Crippen molar-refractivity contribution >= 4 is 23.3 Å². The Hall–Kier alpha value is -1.33. The average Bonchev–Trinajstić information content (AvgIpc) is 2.81. The van der Waals surface area contributed by atoms with Crippen molar-refractivity contribution < 1.29 is 4.79 Å². The molecule has 6 heteroatoms. The van der Waals surface area contributed by atoms with Crippen LogP contribution < -0.4 is 11.1 Å². The first-order valence-electron chi connectivity index (χ1n) is 5.95. The number of likely N-dealkylation sites (tertiary alicyclic amines) is 1. The van der Waals surface area contributed by atoms with Gasteiger partial charge >= 0.3 is 0 Å². The lowest BCUT2D eigenvalue weighted by Gasteiger charge is -2.16. The number of pyridine rings is 1. The molecule has 0 spiro atoms. The highest BCUT2D eigenvalue weighted by Gasteiger charge is 2.27. The van der Waals surface area contributed by atoms with E-state index in [1.54, 1.807) is 0 Å². The first-order valence-corrected chi connectivity index (χ1v) is 6.33. The number of hydrogen-bond acceptors (Lipinski definition) is 4. The van der Waals surface area contributed by atoms with Crippen molar-refractivity contribution in [2.45, 2.75) is 13.0 Å². The minimum Gasteiger partial charge on any atom is -0.373 e. The number of nitrogens with one attached hydrogen (secondary N) is 1. The van der Waals surface area contributed by atoms with Gasteiger partial charge in [-0.15, -0.1) is 0 Å². The predicted molar refractivity (Wildman–Crippen MR) is 71.4 cm³/mol. The van der Waals surface area contributed by atoms with E-state index in [0.717, 1.165) is 24.5 Å². The Morgan fingerprint density at radius 1 is 1.67 bits per heavy atom. The summed E-state index contributed by atoms with van der Waals surface area (Å²) in [5, 5.41) is 3.63. The van der Waals surface area contributed by atoms with E-state index in [0.29, 0.717) is 18.1 Å². The van der Waals surface area contributed by atoms with Crippen LogP contribution in [0.25, 0.3) is 0 Å². The Kier molecular flexibility index (Phi) is 4.04. The van der Waals surface area contributed by atoms with Crippen LogP contribution in [-0.4, -0.2) is 35.9 Å². The van der Waals surface area contributed by atoms with Gasteiger partial charge in [0.2, 0.25) is 5.91 Å². The van der Waals surface area contributed by atoms with Crippen molar-refractivity contribution in [3.8, 4) is 0 Å². The van der Waals surface area contributed by atoms with Gasteiger partial charge in [0, 0.05) is 20.1 Å². The molecule has 18 heavy (non-hydrogen) atoms. The van der Waals surface area contributed by atoms with Gasteiger partial charge in [0.1, 0.15) is 5.82 Å². The molecule has 1 aliphatic rings. The van der Waals surface area contributed by atoms with Crippen molar-refractivity contribution in [2.24, 2.45) is 11.7 Å². The highest BCUT2D eigenvalue weighted by atomic mass is 35.5. The van der Waals surface area contributed by atoms with Crippen molar-refractivity contribution in [1.82, 2.24) is 9.88 Å². The van der Waals surface area contributed by atoms with Crippen LogP contribution in [0.3, 0.4) is 0 Å². The molecule has 1 atom stereocenters. The molecule has 0 saturated carbocycles. The number of carbonyl (C=O) groups excluding carboxylic acids is 1. The van der Waals surface area contributed by atoms with Crippen molar-refractivity contribution in [3.05, 3.63) is 22.8 Å². The molecule has 2 rings (SSSR count). The number of anilines is 1. The highest BCUT2D eigenvalue weighted by Crippen LogP contribution is 2.22. The van der Waals surface area contributed by atoms with Gasteiger partial charge < -0.3 is 11.1 Å². The number of nitrogens with two attached hydrogens (primary N) is 1. The Morgan fingerprint density at radius 3 is 3.06 bits per heavy atom. The summed E-state index contributed by atoms with van der Waals surface area (Å²) in [5.74, 6) is 0.525. The van der Waals surface area contributed by atoms with Crippen molar-refractivity contribution in [2.75, 3.05) is 25.5 Å². The van der Waals surface area contributed by atoms with Crippen LogP contribution in [0.1, 0.15) is 12.1 Å². The largest absolute Gasteiger partial charge is 0.373 e. The summed E-state index contributed by atoms with van der Waals surface area (Å²) in [6.45, 7) is 2.20. The minimum absolute atomic E-state index is 0.0451. The molecule has 2 heterocycles. The van der Waals surface area contributed by atoms with E-state index in [4.69, 9.17) is 17.3 Å². The van der Waals surface area contributed by atoms with Gasteiger partial charge in [0.05, 0.1) is 16.6 Å². The molecule has 0 bridgehead atoms. The van der Waals surface area contributed by atoms with E-state index < -0.39 is 0 Å². The quantitative estimate of drug-likeness (QED) is 0.857. The zero-order valence-corrected chi connectivity index (χ0v) is 11.1. The Bertz CT molecular complexity index is 452. The van der Waals surface area contributed by atoms with Gasteiger partial charge in [0.25, 0.3) is 0 Å². The summed E-state index contributed by atoms with van der Waals surface area (Å²) < 4.78 is 0. The predicted octanol–water partition coefficient (Wildman–Crippen LogP) is 1.08. The number of carbonyl (C=O) groups is 1. The summed E-state index contributed by atoms with van der Waals surface area (Å²) in [6, 6.07) is 3.67. The fourth-order valence-corrected chi connectivity index (χ4v) is 2.32. The maximum atomic E-state index is 11.1. The Balaban J connectivity index is 2.04. The number of nitrogens with zero attached hydrogens (tertiary/aromatic N) is 2. The van der Waals surface area contributed by atoms with Crippen LogP contribution in [0.5, 0.6) is 0 Å². The van der Waals surface area contributed by atoms with Crippen LogP contribution in [0, 0.1) is 5.92 Å². The monoisotopic (exact) mass is 268 g/mol. The van der Waals surface area contributed by atoms with E-state index in [9.17, 15) is 4.79 Å². The molecular weight excluding hydrogens is 252 g/mol. The molecule has 1 amide bonds. The molecule has 1 saturated heterocycles. The third-order valence-electron chi connectivity index (χ3n) is 3.22. The highest BCUT2D eigenvalue weighted by molar-refractivity contribution is 6.31. The summed E-state index contributed by atoms with van der Waals surface area (Å²) in [7, 11) is 1.82. The first-order chi connectivity index (χ1) is 8.60. The zero-order chi connectivity index (χ0) is 13.1. The molecule has 1 fully saturated rings. The maximum absolute atomic E-state index is 11.1. The summed E-state index contributed by atoms with van der Waals surface area (Å²) in [5.41, 5.74) is 6.14. The van der Waals surface area contributed by atoms with Gasteiger partial charge in [0.15, 0.2) is 0 Å². The molecule has 1 aliphatic heterocycles. The van der Waals surface area contributed by atoms with E-state index in [1.807, 2.05) is 19.2 Å². The number of primary amides is 1. The van der Waals surface area contributed by atoms with Crippen LogP contribution in [0.15, 0.2) is 12.1 Å². The average molecular weight is 269 g/mol. The Morgan fingerprint density at radius 2 is 2.44 bits per heavy atom. The molecule has 98 valence electrons. The van der Waals surface area contributed by atoms with Crippen LogP contribution in [0.2, 0.25) is 5.02 Å². The van der Waals surface area contributed by atoms with Crippen molar-refractivity contribution in [1.29, 1.82) is 0 Å². The summed E-state index contributed by atoms with van der Waals surface area (Å²) in [6.07, 6.45) is 0.818. The lowest BCUT2D eigenvalue weighted by Crippen LogP contribution is -2.27. The van der Waals surface area contributed by atoms with Crippen molar-refractivity contribution in [3.63, 3.8) is 0 Å². The molecule has 0 aromatic carbocycles. The van der Waals surface area contributed by atoms with E-state index in [1.165, 1.54) is 0 Å². The van der Waals surface area contributed by atoms with E-state index in [-0.39, 0.29) is 11.8 Å². The molecular formula is C12H17ClN4O. The number of rotatable bonds is 4. The second kappa shape index (κ2) is 5.54. The third-order valence-corrected chi connectivity index (χ3v) is 3.57.